The van der Waals surface area contributed by atoms with Crippen LogP contribution in [0.1, 0.15) is 328 Å². The van der Waals surface area contributed by atoms with Gasteiger partial charge in [0.2, 0.25) is 5.91 Å². The second-order valence-electron chi connectivity index (χ2n) is 20.1. The quantitative estimate of drug-likeness (QED) is 0.0421. The Kier molecular flexibility index (Phi) is 54.2. The molecule has 63 heavy (non-hydrogen) atoms. The molecule has 0 aromatic carbocycles. The number of hydrogen-bond donors (Lipinski definition) is 3. The molecule has 0 fully saturated rings. The maximum atomic E-state index is 12.5. The molecule has 374 valence electrons. The molecule has 4 heteroatoms. The fourth-order valence-corrected chi connectivity index (χ4v) is 9.24. The number of allylic oxidation sites excluding steroid dienone is 3. The lowest BCUT2D eigenvalue weighted by Gasteiger charge is -2.20. The van der Waals surface area contributed by atoms with E-state index < -0.39 is 12.1 Å². The molecule has 0 bridgehead atoms. The number of unbranched alkanes of at least 4 members (excludes halogenated alkanes) is 45. The van der Waals surface area contributed by atoms with Gasteiger partial charge in [0.05, 0.1) is 18.8 Å². The van der Waals surface area contributed by atoms with E-state index in [2.05, 4.69) is 31.3 Å². The first-order chi connectivity index (χ1) is 31.2. The Morgan fingerprint density at radius 1 is 0.365 bits per heavy atom. The van der Waals surface area contributed by atoms with Crippen LogP contribution in [0.25, 0.3) is 0 Å². The molecular formula is C59H115NO3. The van der Waals surface area contributed by atoms with Crippen molar-refractivity contribution in [2.24, 2.45) is 0 Å². The van der Waals surface area contributed by atoms with E-state index in [1.165, 1.54) is 283 Å². The highest BCUT2D eigenvalue weighted by Crippen LogP contribution is 2.17. The van der Waals surface area contributed by atoms with Gasteiger partial charge in [0.1, 0.15) is 0 Å². The molecule has 2 atom stereocenters. The lowest BCUT2D eigenvalue weighted by Crippen LogP contribution is -2.45. The summed E-state index contributed by atoms with van der Waals surface area (Å²) in [6, 6.07) is -0.620. The molecule has 0 radical (unpaired) electrons. The Bertz CT molecular complexity index is 916. The van der Waals surface area contributed by atoms with Crippen LogP contribution in [-0.4, -0.2) is 34.9 Å². The number of carbonyl (C=O) groups excluding carboxylic acids is 1. The highest BCUT2D eigenvalue weighted by atomic mass is 16.3. The van der Waals surface area contributed by atoms with Crippen molar-refractivity contribution >= 4 is 5.91 Å². The van der Waals surface area contributed by atoms with Crippen molar-refractivity contribution in [2.45, 2.75) is 341 Å². The molecule has 0 aliphatic carbocycles. The molecule has 0 aliphatic heterocycles. The van der Waals surface area contributed by atoms with E-state index in [4.69, 9.17) is 0 Å². The van der Waals surface area contributed by atoms with Gasteiger partial charge in [-0.3, -0.25) is 4.79 Å². The van der Waals surface area contributed by atoms with Crippen LogP contribution in [0, 0.1) is 0 Å². The highest BCUT2D eigenvalue weighted by molar-refractivity contribution is 5.76. The number of nitrogens with one attached hydrogen (secondary N) is 1. The van der Waals surface area contributed by atoms with Crippen LogP contribution in [-0.2, 0) is 4.79 Å². The molecule has 0 saturated carbocycles. The zero-order valence-corrected chi connectivity index (χ0v) is 43.1. The van der Waals surface area contributed by atoms with Crippen molar-refractivity contribution in [1.82, 2.24) is 5.32 Å². The van der Waals surface area contributed by atoms with Crippen LogP contribution in [0.5, 0.6) is 0 Å². The summed E-state index contributed by atoms with van der Waals surface area (Å²) in [4.78, 5) is 12.5. The zero-order valence-electron chi connectivity index (χ0n) is 43.1. The van der Waals surface area contributed by atoms with E-state index in [1.807, 2.05) is 6.08 Å². The molecule has 0 aromatic heterocycles. The first-order valence-corrected chi connectivity index (χ1v) is 29.1. The van der Waals surface area contributed by atoms with Crippen LogP contribution < -0.4 is 5.32 Å². The van der Waals surface area contributed by atoms with Crippen molar-refractivity contribution in [1.29, 1.82) is 0 Å². The summed E-state index contributed by atoms with van der Waals surface area (Å²) < 4.78 is 0. The number of aliphatic hydroxyl groups is 2. The molecular weight excluding hydrogens is 771 g/mol. The summed E-state index contributed by atoms with van der Waals surface area (Å²) in [5.41, 5.74) is 0. The van der Waals surface area contributed by atoms with Gasteiger partial charge in [-0.1, -0.05) is 301 Å². The van der Waals surface area contributed by atoms with E-state index in [-0.39, 0.29) is 12.5 Å². The summed E-state index contributed by atoms with van der Waals surface area (Å²) >= 11 is 0. The largest absolute Gasteiger partial charge is 0.394 e. The molecule has 0 rings (SSSR count). The Morgan fingerprint density at radius 2 is 0.603 bits per heavy atom. The molecule has 0 aliphatic rings. The van der Waals surface area contributed by atoms with Gasteiger partial charge in [0.15, 0.2) is 0 Å². The van der Waals surface area contributed by atoms with Gasteiger partial charge >= 0.3 is 0 Å². The third-order valence-corrected chi connectivity index (χ3v) is 13.7. The minimum Gasteiger partial charge on any atom is -0.394 e. The minimum absolute atomic E-state index is 0.0577. The van der Waals surface area contributed by atoms with Crippen LogP contribution in [0.2, 0.25) is 0 Å². The number of aliphatic hydroxyl groups excluding tert-OH is 2. The second kappa shape index (κ2) is 55.2. The van der Waals surface area contributed by atoms with Gasteiger partial charge in [-0.2, -0.15) is 0 Å². The maximum absolute atomic E-state index is 12.5. The van der Waals surface area contributed by atoms with Crippen LogP contribution in [0.15, 0.2) is 24.3 Å². The molecule has 0 aromatic rings. The van der Waals surface area contributed by atoms with Crippen molar-refractivity contribution in [3.8, 4) is 0 Å². The molecule has 0 spiro atoms. The molecule has 1 amide bonds. The SMILES string of the molecule is CCCCCCCCCCCCCC/C=C\CCCCCCCCCCCCCCCCCCC(=O)NC(CO)C(O)/C=C/CCCCCCCCCCCCCCCCCCC. The van der Waals surface area contributed by atoms with Gasteiger partial charge in [-0.15, -0.1) is 0 Å². The van der Waals surface area contributed by atoms with Gasteiger partial charge in [0, 0.05) is 6.42 Å². The lowest BCUT2D eigenvalue weighted by molar-refractivity contribution is -0.123. The fourth-order valence-electron chi connectivity index (χ4n) is 9.24. The highest BCUT2D eigenvalue weighted by Gasteiger charge is 2.18. The predicted molar refractivity (Wildman–Crippen MR) is 281 cm³/mol. The summed E-state index contributed by atoms with van der Waals surface area (Å²) in [6.07, 6.45) is 73.5. The Hall–Kier alpha value is -1.13. The third-order valence-electron chi connectivity index (χ3n) is 13.7. The number of amides is 1. The summed E-state index contributed by atoms with van der Waals surface area (Å²) in [5, 5.41) is 23.2. The van der Waals surface area contributed by atoms with E-state index in [0.29, 0.717) is 6.42 Å². The number of carbonyl (C=O) groups is 1. The van der Waals surface area contributed by atoms with Crippen LogP contribution >= 0.6 is 0 Å². The Morgan fingerprint density at radius 3 is 0.873 bits per heavy atom. The second-order valence-corrected chi connectivity index (χ2v) is 20.1. The van der Waals surface area contributed by atoms with Gasteiger partial charge in [-0.05, 0) is 44.9 Å². The third kappa shape index (κ3) is 51.7. The maximum Gasteiger partial charge on any atom is 0.220 e. The average molecular weight is 887 g/mol. The molecule has 2 unspecified atom stereocenters. The molecule has 0 saturated heterocycles. The first kappa shape index (κ1) is 61.9. The van der Waals surface area contributed by atoms with E-state index in [1.54, 1.807) is 6.08 Å². The Labute approximate surface area is 396 Å². The van der Waals surface area contributed by atoms with Crippen molar-refractivity contribution in [2.75, 3.05) is 6.61 Å². The summed E-state index contributed by atoms with van der Waals surface area (Å²) in [7, 11) is 0. The first-order valence-electron chi connectivity index (χ1n) is 29.1. The lowest BCUT2D eigenvalue weighted by atomic mass is 10.0. The predicted octanol–water partition coefficient (Wildman–Crippen LogP) is 19.1. The van der Waals surface area contributed by atoms with Crippen molar-refractivity contribution in [3.05, 3.63) is 24.3 Å². The Balaban J connectivity index is 3.44. The van der Waals surface area contributed by atoms with Crippen molar-refractivity contribution in [3.63, 3.8) is 0 Å². The number of rotatable bonds is 54. The van der Waals surface area contributed by atoms with Crippen LogP contribution in [0.4, 0.5) is 0 Å². The van der Waals surface area contributed by atoms with Gasteiger partial charge in [-0.25, -0.2) is 0 Å². The summed E-state index contributed by atoms with van der Waals surface area (Å²) in [6.45, 7) is 4.35. The topological polar surface area (TPSA) is 69.6 Å². The fraction of sp³-hybridized carbons (Fsp3) is 0.915. The normalized spacial score (nSPS) is 12.9. The molecule has 3 N–H and O–H groups in total. The van der Waals surface area contributed by atoms with Gasteiger partial charge in [0.25, 0.3) is 0 Å². The number of hydrogen-bond acceptors (Lipinski definition) is 3. The molecule has 4 nitrogen and oxygen atoms in total. The summed E-state index contributed by atoms with van der Waals surface area (Å²) in [5.74, 6) is -0.0577. The average Bonchev–Trinajstić information content (AvgIpc) is 3.29. The smallest absolute Gasteiger partial charge is 0.220 e. The molecule has 0 heterocycles. The van der Waals surface area contributed by atoms with E-state index >= 15 is 0 Å². The van der Waals surface area contributed by atoms with E-state index in [9.17, 15) is 15.0 Å². The minimum atomic E-state index is -0.837. The standard InChI is InChI=1S/C59H115NO3/c1-3-5-7-9-11-13-15-17-19-21-23-24-25-26-27-28-29-30-31-32-33-34-35-37-39-41-43-45-47-49-51-53-55-59(63)60-57(56-61)58(62)54-52-50-48-46-44-42-40-38-36-22-20-18-16-14-12-10-8-6-4-2/h26-27,52,54,57-58,61-62H,3-25,28-51,53,55-56H2,1-2H3,(H,60,63)/b27-26-,54-52+. The monoisotopic (exact) mass is 886 g/mol. The van der Waals surface area contributed by atoms with Crippen molar-refractivity contribution < 1.29 is 15.0 Å². The zero-order chi connectivity index (χ0) is 45.6. The van der Waals surface area contributed by atoms with Crippen LogP contribution in [0.3, 0.4) is 0 Å². The van der Waals surface area contributed by atoms with Gasteiger partial charge < -0.3 is 15.5 Å². The van der Waals surface area contributed by atoms with E-state index in [0.717, 1.165) is 25.7 Å².